The van der Waals surface area contributed by atoms with E-state index in [9.17, 15) is 10.2 Å². The van der Waals surface area contributed by atoms with Gasteiger partial charge in [0.05, 0.1) is 30.5 Å². The Bertz CT molecular complexity index is 606. The quantitative estimate of drug-likeness (QED) is 0.537. The molecule has 0 spiro atoms. The largest absolute Gasteiger partial charge is 0.395 e. The number of aromatic nitrogens is 4. The van der Waals surface area contributed by atoms with Gasteiger partial charge in [0.25, 0.3) is 0 Å². The van der Waals surface area contributed by atoms with E-state index in [0.717, 1.165) is 0 Å². The molecule has 5 N–H and O–H groups in total. The van der Waals surface area contributed by atoms with Crippen molar-refractivity contribution >= 4 is 28.9 Å². The van der Waals surface area contributed by atoms with E-state index >= 15 is 0 Å². The molecule has 2 aromatic rings. The summed E-state index contributed by atoms with van der Waals surface area (Å²) in [4.78, 5) is 12.0. The summed E-state index contributed by atoms with van der Waals surface area (Å²) >= 11 is 1.29. The molecule has 0 unspecified atom stereocenters. The standard InChI is InChI=1S/C10H13N5O3S/c11-10-12-1-4-8(14-10)13-3-15(4)9-7(18)6(17)5(2-16)19-9/h1,3,5-7,9,16-18H,2H2,(H2,11,12,14)/t5-,6-,7+,9+/m1/s1. The number of hydrogen-bond donors (Lipinski definition) is 4. The lowest BCUT2D eigenvalue weighted by atomic mass is 10.1. The van der Waals surface area contributed by atoms with Crippen LogP contribution < -0.4 is 5.73 Å². The number of nitrogens with two attached hydrogens (primary N) is 1. The van der Waals surface area contributed by atoms with E-state index < -0.39 is 22.8 Å². The molecule has 0 amide bonds. The molecule has 19 heavy (non-hydrogen) atoms. The van der Waals surface area contributed by atoms with Crippen LogP contribution in [-0.4, -0.2) is 58.9 Å². The minimum absolute atomic E-state index is 0.130. The summed E-state index contributed by atoms with van der Waals surface area (Å²) in [5.74, 6) is 0.130. The Labute approximate surface area is 112 Å². The molecule has 0 bridgehead atoms. The van der Waals surface area contributed by atoms with Crippen molar-refractivity contribution in [2.75, 3.05) is 12.3 Å². The molecular weight excluding hydrogens is 270 g/mol. The molecule has 8 nitrogen and oxygen atoms in total. The predicted octanol–water partition coefficient (Wildman–Crippen LogP) is -1.26. The maximum absolute atomic E-state index is 10.0. The SMILES string of the molecule is Nc1ncc2c(ncn2[C@H]2S[C@H](CO)[C@@H](O)[C@@H]2O)n1. The molecule has 2 aromatic heterocycles. The lowest BCUT2D eigenvalue weighted by molar-refractivity contribution is 0.0113. The summed E-state index contributed by atoms with van der Waals surface area (Å²) in [7, 11) is 0. The molecule has 0 saturated carbocycles. The number of rotatable bonds is 2. The number of anilines is 1. The van der Waals surface area contributed by atoms with Crippen molar-refractivity contribution in [2.24, 2.45) is 0 Å². The molecule has 0 radical (unpaired) electrons. The smallest absolute Gasteiger partial charge is 0.222 e. The van der Waals surface area contributed by atoms with Crippen LogP contribution in [0.3, 0.4) is 0 Å². The maximum Gasteiger partial charge on any atom is 0.222 e. The van der Waals surface area contributed by atoms with Crippen LogP contribution in [0.4, 0.5) is 5.95 Å². The Kier molecular flexibility index (Phi) is 3.05. The van der Waals surface area contributed by atoms with Crippen molar-refractivity contribution in [3.63, 3.8) is 0 Å². The van der Waals surface area contributed by atoms with Crippen LogP contribution >= 0.6 is 11.8 Å². The summed E-state index contributed by atoms with van der Waals surface area (Å²) in [6.07, 6.45) is 1.08. The van der Waals surface area contributed by atoms with Crippen molar-refractivity contribution in [2.45, 2.75) is 22.8 Å². The van der Waals surface area contributed by atoms with Crippen molar-refractivity contribution in [3.8, 4) is 0 Å². The van der Waals surface area contributed by atoms with Crippen LogP contribution in [0.2, 0.25) is 0 Å². The molecule has 1 saturated heterocycles. The average molecular weight is 283 g/mol. The topological polar surface area (TPSA) is 130 Å². The molecule has 1 fully saturated rings. The highest BCUT2D eigenvalue weighted by Gasteiger charge is 2.43. The highest BCUT2D eigenvalue weighted by Crippen LogP contribution is 2.42. The van der Waals surface area contributed by atoms with Crippen LogP contribution in [-0.2, 0) is 0 Å². The first-order valence-electron chi connectivity index (χ1n) is 5.69. The minimum atomic E-state index is -0.989. The summed E-state index contributed by atoms with van der Waals surface area (Å²) in [5.41, 5.74) is 6.53. The third-order valence-electron chi connectivity index (χ3n) is 3.14. The molecule has 4 atom stereocenters. The first kappa shape index (κ1) is 12.6. The molecule has 3 heterocycles. The molecule has 0 aromatic carbocycles. The average Bonchev–Trinajstić information content (AvgIpc) is 2.92. The van der Waals surface area contributed by atoms with Gasteiger partial charge in [0, 0.05) is 0 Å². The molecule has 1 aliphatic rings. The van der Waals surface area contributed by atoms with Gasteiger partial charge in [-0.25, -0.2) is 9.97 Å². The van der Waals surface area contributed by atoms with Gasteiger partial charge in [-0.3, -0.25) is 0 Å². The fraction of sp³-hybridized carbons (Fsp3) is 0.500. The van der Waals surface area contributed by atoms with E-state index in [1.54, 1.807) is 4.57 Å². The second-order valence-electron chi connectivity index (χ2n) is 4.32. The highest BCUT2D eigenvalue weighted by atomic mass is 32.2. The van der Waals surface area contributed by atoms with Crippen LogP contribution in [0.5, 0.6) is 0 Å². The highest BCUT2D eigenvalue weighted by molar-refractivity contribution is 8.00. The van der Waals surface area contributed by atoms with Crippen molar-refractivity contribution in [1.82, 2.24) is 19.5 Å². The number of imidazole rings is 1. The van der Waals surface area contributed by atoms with E-state index in [2.05, 4.69) is 15.0 Å². The van der Waals surface area contributed by atoms with Gasteiger partial charge in [0.2, 0.25) is 5.95 Å². The molecule has 9 heteroatoms. The zero-order chi connectivity index (χ0) is 13.6. The van der Waals surface area contributed by atoms with E-state index in [1.807, 2.05) is 0 Å². The van der Waals surface area contributed by atoms with Gasteiger partial charge in [0.15, 0.2) is 5.65 Å². The molecular formula is C10H13N5O3S. The van der Waals surface area contributed by atoms with E-state index in [0.29, 0.717) is 11.2 Å². The number of aliphatic hydroxyl groups excluding tert-OH is 3. The minimum Gasteiger partial charge on any atom is -0.395 e. The third-order valence-corrected chi connectivity index (χ3v) is 4.70. The fourth-order valence-corrected chi connectivity index (χ4v) is 3.54. The number of thioether (sulfide) groups is 1. The van der Waals surface area contributed by atoms with Crippen molar-refractivity contribution in [3.05, 3.63) is 12.5 Å². The first-order chi connectivity index (χ1) is 9.11. The Hall–Kier alpha value is -1.42. The van der Waals surface area contributed by atoms with Gasteiger partial charge in [-0.1, -0.05) is 0 Å². The summed E-state index contributed by atoms with van der Waals surface area (Å²) < 4.78 is 1.68. The predicted molar refractivity (Wildman–Crippen MR) is 69.3 cm³/mol. The van der Waals surface area contributed by atoms with Gasteiger partial charge in [-0.15, -0.1) is 11.8 Å². The Balaban J connectivity index is 2.01. The van der Waals surface area contributed by atoms with Crippen molar-refractivity contribution < 1.29 is 15.3 Å². The summed E-state index contributed by atoms with van der Waals surface area (Å²) in [5, 5.41) is 28.2. The van der Waals surface area contributed by atoms with Crippen LogP contribution in [0.25, 0.3) is 11.2 Å². The summed E-state index contributed by atoms with van der Waals surface area (Å²) in [6, 6.07) is 0. The summed E-state index contributed by atoms with van der Waals surface area (Å²) in [6.45, 7) is -0.199. The van der Waals surface area contributed by atoms with Crippen LogP contribution in [0.1, 0.15) is 5.37 Å². The van der Waals surface area contributed by atoms with Gasteiger partial charge in [-0.05, 0) is 0 Å². The van der Waals surface area contributed by atoms with Gasteiger partial charge < -0.3 is 25.6 Å². The normalized spacial score (nSPS) is 31.1. The number of aliphatic hydroxyl groups is 3. The third kappa shape index (κ3) is 1.94. The lowest BCUT2D eigenvalue weighted by Crippen LogP contribution is -2.32. The second-order valence-corrected chi connectivity index (χ2v) is 5.68. The fourth-order valence-electron chi connectivity index (χ4n) is 2.15. The number of nitrogens with zero attached hydrogens (tertiary/aromatic N) is 4. The zero-order valence-corrected chi connectivity index (χ0v) is 10.6. The monoisotopic (exact) mass is 283 g/mol. The molecule has 0 aliphatic carbocycles. The zero-order valence-electron chi connectivity index (χ0n) is 9.79. The van der Waals surface area contributed by atoms with Gasteiger partial charge in [0.1, 0.15) is 17.0 Å². The first-order valence-corrected chi connectivity index (χ1v) is 6.63. The van der Waals surface area contributed by atoms with Crippen LogP contribution in [0, 0.1) is 0 Å². The van der Waals surface area contributed by atoms with E-state index in [4.69, 9.17) is 10.8 Å². The Morgan fingerprint density at radius 3 is 2.79 bits per heavy atom. The number of nitrogen functional groups attached to an aromatic ring is 1. The Morgan fingerprint density at radius 2 is 2.11 bits per heavy atom. The maximum atomic E-state index is 10.0. The van der Waals surface area contributed by atoms with Crippen molar-refractivity contribution in [1.29, 1.82) is 0 Å². The van der Waals surface area contributed by atoms with E-state index in [-0.39, 0.29) is 12.6 Å². The second kappa shape index (κ2) is 4.60. The molecule has 1 aliphatic heterocycles. The van der Waals surface area contributed by atoms with Gasteiger partial charge >= 0.3 is 0 Å². The van der Waals surface area contributed by atoms with Gasteiger partial charge in [-0.2, -0.15) is 4.98 Å². The van der Waals surface area contributed by atoms with Crippen LogP contribution in [0.15, 0.2) is 12.5 Å². The number of fused-ring (bicyclic) bond motifs is 1. The molecule has 102 valence electrons. The lowest BCUT2D eigenvalue weighted by Gasteiger charge is -2.17. The van der Waals surface area contributed by atoms with E-state index in [1.165, 1.54) is 24.3 Å². The number of hydrogen-bond acceptors (Lipinski definition) is 8. The Morgan fingerprint density at radius 1 is 1.32 bits per heavy atom. The molecule has 3 rings (SSSR count).